The number of carboxylic acid groups (broad SMARTS) is 1. The zero-order chi connectivity index (χ0) is 11.1. The van der Waals surface area contributed by atoms with Gasteiger partial charge in [0.1, 0.15) is 12.6 Å². The van der Waals surface area contributed by atoms with Crippen molar-refractivity contribution in [2.24, 2.45) is 5.73 Å². The number of carboxylic acids is 1. The molecule has 0 fully saturated rings. The molecule has 0 aromatic carbocycles. The van der Waals surface area contributed by atoms with E-state index in [0.717, 1.165) is 6.42 Å². The van der Waals surface area contributed by atoms with Crippen molar-refractivity contribution in [3.8, 4) is 0 Å². The summed E-state index contributed by atoms with van der Waals surface area (Å²) in [6.45, 7) is 1.37. The number of hydrogen-bond donors (Lipinski definition) is 4. The Labute approximate surface area is 82.1 Å². The molecule has 0 saturated heterocycles. The van der Waals surface area contributed by atoms with Crippen LogP contribution in [0, 0.1) is 0 Å². The summed E-state index contributed by atoms with van der Waals surface area (Å²) >= 11 is 0. The van der Waals surface area contributed by atoms with Crippen LogP contribution in [0.3, 0.4) is 0 Å². The van der Waals surface area contributed by atoms with Gasteiger partial charge >= 0.3 is 5.97 Å². The van der Waals surface area contributed by atoms with Crippen LogP contribution in [0.25, 0.3) is 0 Å². The van der Waals surface area contributed by atoms with Gasteiger partial charge in [-0.2, -0.15) is 0 Å². The van der Waals surface area contributed by atoms with Crippen LogP contribution in [0.1, 0.15) is 19.8 Å². The smallest absolute Gasteiger partial charge is 0.322 e. The van der Waals surface area contributed by atoms with Crippen molar-refractivity contribution in [3.63, 3.8) is 0 Å². The minimum Gasteiger partial charge on any atom is -0.480 e. The zero-order valence-electron chi connectivity index (χ0n) is 8.06. The number of carbonyl (C=O) groups excluding carboxylic acids is 1. The van der Waals surface area contributed by atoms with Gasteiger partial charge in [0, 0.05) is 6.04 Å². The van der Waals surface area contributed by atoms with Gasteiger partial charge in [0.25, 0.3) is 5.91 Å². The van der Waals surface area contributed by atoms with Crippen molar-refractivity contribution >= 4 is 11.9 Å². The summed E-state index contributed by atoms with van der Waals surface area (Å²) in [5, 5.41) is 19.6. The average Bonchev–Trinajstić information content (AvgIpc) is 2.13. The maximum Gasteiger partial charge on any atom is 0.322 e. The van der Waals surface area contributed by atoms with Gasteiger partial charge in [-0.1, -0.05) is 13.3 Å². The van der Waals surface area contributed by atoms with Crippen molar-refractivity contribution in [2.45, 2.75) is 31.9 Å². The average molecular weight is 204 g/mol. The number of nitrogens with one attached hydrogen (secondary N) is 1. The molecule has 6 nitrogen and oxygen atoms in total. The number of hydrogen-bond acceptors (Lipinski definition) is 4. The summed E-state index contributed by atoms with van der Waals surface area (Å²) in [7, 11) is 0. The van der Waals surface area contributed by atoms with Crippen molar-refractivity contribution in [3.05, 3.63) is 0 Å². The minimum absolute atomic E-state index is 0.505. The summed E-state index contributed by atoms with van der Waals surface area (Å²) in [5.41, 5.74) is 5.48. The number of nitrogens with two attached hydrogens (primary N) is 1. The van der Waals surface area contributed by atoms with Gasteiger partial charge in [0.2, 0.25) is 0 Å². The monoisotopic (exact) mass is 204 g/mol. The van der Waals surface area contributed by atoms with E-state index in [1.54, 1.807) is 0 Å². The first-order chi connectivity index (χ1) is 6.49. The fourth-order valence-electron chi connectivity index (χ4n) is 0.953. The van der Waals surface area contributed by atoms with E-state index in [9.17, 15) is 14.7 Å². The molecular weight excluding hydrogens is 188 g/mol. The zero-order valence-corrected chi connectivity index (χ0v) is 8.06. The molecule has 0 aliphatic heterocycles. The van der Waals surface area contributed by atoms with E-state index in [1.165, 1.54) is 0 Å². The molecule has 14 heavy (non-hydrogen) atoms. The van der Waals surface area contributed by atoms with Crippen LogP contribution in [0.4, 0.5) is 0 Å². The van der Waals surface area contributed by atoms with Crippen LogP contribution in [0.2, 0.25) is 0 Å². The molecule has 0 heterocycles. The molecule has 0 aromatic rings. The van der Waals surface area contributed by atoms with E-state index in [4.69, 9.17) is 10.8 Å². The molecule has 0 saturated carbocycles. The quantitative estimate of drug-likeness (QED) is 0.428. The van der Waals surface area contributed by atoms with E-state index in [0.29, 0.717) is 6.42 Å². The molecule has 2 atom stereocenters. The molecule has 0 rings (SSSR count). The largest absolute Gasteiger partial charge is 0.480 e. The number of carbonyl (C=O) groups is 2. The second-order valence-electron chi connectivity index (χ2n) is 3.01. The first-order valence-corrected chi connectivity index (χ1v) is 4.42. The van der Waals surface area contributed by atoms with E-state index in [2.05, 4.69) is 5.32 Å². The Bertz CT molecular complexity index is 208. The van der Waals surface area contributed by atoms with E-state index in [-0.39, 0.29) is 0 Å². The number of amides is 1. The lowest BCUT2D eigenvalue weighted by Crippen LogP contribution is -2.47. The maximum atomic E-state index is 11.1. The summed E-state index contributed by atoms with van der Waals surface area (Å²) in [4.78, 5) is 21.2. The molecule has 0 aliphatic carbocycles. The number of aliphatic hydroxyl groups is 1. The van der Waals surface area contributed by atoms with Gasteiger partial charge in [0.05, 0.1) is 0 Å². The van der Waals surface area contributed by atoms with Crippen molar-refractivity contribution in [1.29, 1.82) is 0 Å². The van der Waals surface area contributed by atoms with Crippen LogP contribution in [0.15, 0.2) is 0 Å². The van der Waals surface area contributed by atoms with E-state index < -0.39 is 30.6 Å². The minimum atomic E-state index is -1.34. The van der Waals surface area contributed by atoms with E-state index in [1.807, 2.05) is 6.92 Å². The predicted molar refractivity (Wildman–Crippen MR) is 49.5 cm³/mol. The fraction of sp³-hybridized carbons (Fsp3) is 0.750. The van der Waals surface area contributed by atoms with Gasteiger partial charge in [0.15, 0.2) is 0 Å². The summed E-state index contributed by atoms with van der Waals surface area (Å²) < 4.78 is 0. The molecule has 0 radical (unpaired) electrons. The van der Waals surface area contributed by atoms with Crippen LogP contribution in [0.5, 0.6) is 0 Å². The maximum absolute atomic E-state index is 11.1. The Balaban J connectivity index is 3.91. The van der Waals surface area contributed by atoms with Gasteiger partial charge in [-0.05, 0) is 6.42 Å². The molecule has 0 bridgehead atoms. The Kier molecular flexibility index (Phi) is 5.82. The lowest BCUT2D eigenvalue weighted by molar-refractivity contribution is -0.139. The van der Waals surface area contributed by atoms with Gasteiger partial charge in [-0.15, -0.1) is 0 Å². The molecule has 0 spiro atoms. The van der Waals surface area contributed by atoms with Gasteiger partial charge < -0.3 is 21.3 Å². The second kappa shape index (κ2) is 6.33. The molecule has 0 aliphatic rings. The third kappa shape index (κ3) is 4.78. The molecule has 6 heteroatoms. The number of rotatable bonds is 6. The number of aliphatic carboxylic acids is 1. The Morgan fingerprint density at radius 1 is 1.50 bits per heavy atom. The molecule has 1 amide bonds. The van der Waals surface area contributed by atoms with Crippen LogP contribution >= 0.6 is 0 Å². The summed E-state index contributed by atoms with van der Waals surface area (Å²) in [6.07, 6.45) is -0.0687. The Morgan fingerprint density at radius 3 is 2.50 bits per heavy atom. The predicted octanol–water partition coefficient (Wildman–Crippen LogP) is -1.32. The highest BCUT2D eigenvalue weighted by molar-refractivity contribution is 5.84. The van der Waals surface area contributed by atoms with Crippen molar-refractivity contribution in [1.82, 2.24) is 5.32 Å². The van der Waals surface area contributed by atoms with Crippen LogP contribution < -0.4 is 11.1 Å². The molecule has 5 N–H and O–H groups in total. The first-order valence-electron chi connectivity index (χ1n) is 4.42. The fourth-order valence-corrected chi connectivity index (χ4v) is 0.953. The third-order valence-electron chi connectivity index (χ3n) is 1.71. The molecule has 0 aromatic heterocycles. The molecule has 2 unspecified atom stereocenters. The number of aliphatic hydroxyl groups excluding tert-OH is 1. The highest BCUT2D eigenvalue weighted by Crippen LogP contribution is 1.99. The lowest BCUT2D eigenvalue weighted by atomic mass is 10.1. The lowest BCUT2D eigenvalue weighted by Gasteiger charge is -2.16. The highest BCUT2D eigenvalue weighted by Gasteiger charge is 2.22. The summed E-state index contributed by atoms with van der Waals surface area (Å²) in [6, 6.07) is -0.645. The highest BCUT2D eigenvalue weighted by atomic mass is 16.4. The van der Waals surface area contributed by atoms with Crippen LogP contribution in [-0.4, -0.2) is 40.8 Å². The van der Waals surface area contributed by atoms with E-state index >= 15 is 0 Å². The Morgan fingerprint density at radius 2 is 2.07 bits per heavy atom. The standard InChI is InChI=1S/C8H16N2O4/c1-2-3-5(9)7(13)8(14)10-4-6(11)12/h5,7,13H,2-4,9H2,1H3,(H,10,14)(H,11,12). The topological polar surface area (TPSA) is 113 Å². The van der Waals surface area contributed by atoms with Crippen molar-refractivity contribution in [2.75, 3.05) is 6.54 Å². The van der Waals surface area contributed by atoms with Gasteiger partial charge in [-0.3, -0.25) is 9.59 Å². The molecule has 82 valence electrons. The first kappa shape index (κ1) is 12.9. The summed E-state index contributed by atoms with van der Waals surface area (Å²) in [5.74, 6) is -1.90. The molecular formula is C8H16N2O4. The van der Waals surface area contributed by atoms with Gasteiger partial charge in [-0.25, -0.2) is 0 Å². The third-order valence-corrected chi connectivity index (χ3v) is 1.71. The van der Waals surface area contributed by atoms with Crippen LogP contribution in [-0.2, 0) is 9.59 Å². The van der Waals surface area contributed by atoms with Crippen molar-refractivity contribution < 1.29 is 19.8 Å². The second-order valence-corrected chi connectivity index (χ2v) is 3.01. The normalized spacial score (nSPS) is 14.5. The Hall–Kier alpha value is -1.14. The SMILES string of the molecule is CCCC(N)C(O)C(=O)NCC(=O)O.